The van der Waals surface area contributed by atoms with Gasteiger partial charge in [-0.3, -0.25) is 4.79 Å². The number of carbonyl (C=O) groups excluding carboxylic acids is 1. The maximum Gasteiger partial charge on any atom is 0.201 e. The predicted molar refractivity (Wildman–Crippen MR) is 73.2 cm³/mol. The minimum atomic E-state index is -1.28. The van der Waals surface area contributed by atoms with Gasteiger partial charge >= 0.3 is 0 Å². The van der Waals surface area contributed by atoms with Crippen molar-refractivity contribution in [1.82, 2.24) is 0 Å². The highest BCUT2D eigenvalue weighted by Crippen LogP contribution is 2.25. The molecule has 0 unspecified atom stereocenters. The molecule has 100 valence electrons. The number of halogens is 3. The summed E-state index contributed by atoms with van der Waals surface area (Å²) in [4.78, 5) is 12.2. The number of ether oxygens (including phenoxy) is 1. The zero-order valence-corrected chi connectivity index (χ0v) is 11.2. The molecule has 0 amide bonds. The molecule has 0 aromatic heterocycles. The molecule has 0 bridgehead atoms. The fourth-order valence-corrected chi connectivity index (χ4v) is 1.93. The average Bonchev–Trinajstić information content (AvgIpc) is 2.44. The fraction of sp³-hybridized carbons (Fsp3) is 0.0714. The molecule has 2 nitrogen and oxygen atoms in total. The van der Waals surface area contributed by atoms with Crippen molar-refractivity contribution >= 4 is 30.7 Å². The van der Waals surface area contributed by atoms with Gasteiger partial charge in [-0.25, -0.2) is 4.39 Å². The Morgan fingerprint density at radius 3 is 2.50 bits per heavy atom. The first-order chi connectivity index (χ1) is 9.45. The van der Waals surface area contributed by atoms with Gasteiger partial charge in [0.15, 0.2) is 17.3 Å². The van der Waals surface area contributed by atoms with Crippen LogP contribution in [0.2, 0.25) is 5.02 Å². The molecule has 0 saturated carbocycles. The first kappa shape index (κ1) is 14.5. The summed E-state index contributed by atoms with van der Waals surface area (Å²) in [6.45, 7) is 0. The summed E-state index contributed by atoms with van der Waals surface area (Å²) >= 11 is 5.87. The Morgan fingerprint density at radius 2 is 1.85 bits per heavy atom. The molecule has 2 aromatic rings. The van der Waals surface area contributed by atoms with E-state index >= 15 is 0 Å². The van der Waals surface area contributed by atoms with Crippen molar-refractivity contribution in [3.05, 3.63) is 58.1 Å². The third-order valence-electron chi connectivity index (χ3n) is 2.75. The molecule has 0 aliphatic rings. The van der Waals surface area contributed by atoms with Crippen molar-refractivity contribution in [3.63, 3.8) is 0 Å². The Kier molecular flexibility index (Phi) is 4.09. The topological polar surface area (TPSA) is 26.3 Å². The van der Waals surface area contributed by atoms with Crippen LogP contribution in [-0.4, -0.2) is 20.7 Å². The summed E-state index contributed by atoms with van der Waals surface area (Å²) in [6.07, 6.45) is 0. The van der Waals surface area contributed by atoms with Crippen LogP contribution in [0.25, 0.3) is 0 Å². The van der Waals surface area contributed by atoms with Gasteiger partial charge in [0, 0.05) is 5.56 Å². The van der Waals surface area contributed by atoms with Crippen LogP contribution in [0.15, 0.2) is 30.3 Å². The zero-order valence-electron chi connectivity index (χ0n) is 10.4. The monoisotopic (exact) mass is 292 g/mol. The van der Waals surface area contributed by atoms with E-state index in [4.69, 9.17) is 19.4 Å². The quantitative estimate of drug-likeness (QED) is 0.642. The van der Waals surface area contributed by atoms with Gasteiger partial charge in [-0.05, 0) is 18.2 Å². The number of hydrogen-bond donors (Lipinski definition) is 0. The first-order valence-electron chi connectivity index (χ1n) is 5.57. The number of benzene rings is 2. The minimum Gasteiger partial charge on any atom is -0.494 e. The van der Waals surface area contributed by atoms with Crippen LogP contribution >= 0.6 is 11.6 Å². The van der Waals surface area contributed by atoms with E-state index in [2.05, 4.69) is 4.74 Å². The van der Waals surface area contributed by atoms with Crippen molar-refractivity contribution in [1.29, 1.82) is 0 Å². The van der Waals surface area contributed by atoms with Crippen molar-refractivity contribution in [2.24, 2.45) is 0 Å². The molecule has 20 heavy (non-hydrogen) atoms. The molecule has 0 aliphatic heterocycles. The Morgan fingerprint density at radius 1 is 1.15 bits per heavy atom. The maximum absolute atomic E-state index is 13.9. The minimum absolute atomic E-state index is 0.00938. The normalized spacial score (nSPS) is 10.4. The van der Waals surface area contributed by atoms with Gasteiger partial charge in [0.1, 0.15) is 7.85 Å². The average molecular weight is 292 g/mol. The van der Waals surface area contributed by atoms with Gasteiger partial charge in [-0.2, -0.15) is 4.39 Å². The molecule has 0 atom stereocenters. The van der Waals surface area contributed by atoms with Gasteiger partial charge < -0.3 is 4.74 Å². The Labute approximate surface area is 120 Å². The predicted octanol–water partition coefficient (Wildman–Crippen LogP) is 2.65. The number of rotatable bonds is 3. The largest absolute Gasteiger partial charge is 0.494 e. The van der Waals surface area contributed by atoms with E-state index in [1.54, 1.807) is 0 Å². The Balaban J connectivity index is 2.54. The molecular weight excluding hydrogens is 284 g/mol. The molecule has 2 rings (SSSR count). The lowest BCUT2D eigenvalue weighted by Crippen LogP contribution is -2.11. The second-order valence-corrected chi connectivity index (χ2v) is 4.42. The van der Waals surface area contributed by atoms with E-state index in [0.29, 0.717) is 5.46 Å². The van der Waals surface area contributed by atoms with E-state index in [9.17, 15) is 13.6 Å². The fourth-order valence-electron chi connectivity index (χ4n) is 1.73. The van der Waals surface area contributed by atoms with Crippen LogP contribution in [0, 0.1) is 11.6 Å². The molecule has 0 saturated heterocycles. The lowest BCUT2D eigenvalue weighted by Gasteiger charge is -2.08. The molecule has 0 spiro atoms. The maximum atomic E-state index is 13.9. The van der Waals surface area contributed by atoms with Crippen LogP contribution in [-0.2, 0) is 0 Å². The molecule has 2 aromatic carbocycles. The molecule has 0 fully saturated rings. The first-order valence-corrected chi connectivity index (χ1v) is 5.95. The molecule has 6 heteroatoms. The van der Waals surface area contributed by atoms with Gasteiger partial charge in [0.25, 0.3) is 0 Å². The van der Waals surface area contributed by atoms with Gasteiger partial charge in [0.2, 0.25) is 5.82 Å². The summed E-state index contributed by atoms with van der Waals surface area (Å²) in [6, 6.07) is 6.54. The highest BCUT2D eigenvalue weighted by molar-refractivity contribution is 6.37. The summed E-state index contributed by atoms with van der Waals surface area (Å²) < 4.78 is 32.1. The van der Waals surface area contributed by atoms with Gasteiger partial charge in [0.05, 0.1) is 17.7 Å². The zero-order chi connectivity index (χ0) is 14.9. The smallest absolute Gasteiger partial charge is 0.201 e. The highest BCUT2D eigenvalue weighted by Gasteiger charge is 2.21. The third-order valence-corrected chi connectivity index (χ3v) is 3.08. The summed E-state index contributed by atoms with van der Waals surface area (Å²) in [5.41, 5.74) is -0.127. The summed E-state index contributed by atoms with van der Waals surface area (Å²) in [5.74, 6) is -3.54. The number of ketones is 1. The van der Waals surface area contributed by atoms with E-state index in [-0.39, 0.29) is 16.3 Å². The van der Waals surface area contributed by atoms with E-state index in [1.807, 2.05) is 0 Å². The van der Waals surface area contributed by atoms with Crippen LogP contribution in [0.5, 0.6) is 5.75 Å². The lowest BCUT2D eigenvalue weighted by atomic mass is 9.92. The number of hydrogen-bond acceptors (Lipinski definition) is 2. The third kappa shape index (κ3) is 2.54. The van der Waals surface area contributed by atoms with Crippen LogP contribution in [0.4, 0.5) is 8.78 Å². The van der Waals surface area contributed by atoms with E-state index in [1.165, 1.54) is 31.4 Å². The standard InChI is InChI=1S/C14H8BClF2O2/c1-20-11-5-3-8(12(17)13(11)18)14(19)9-6-7(15)2-4-10(9)16/h2-6H,1H3. The SMILES string of the molecule is [B]c1ccc(Cl)c(C(=O)c2ccc(OC)c(F)c2F)c1. The molecule has 0 aliphatic carbocycles. The number of methoxy groups -OCH3 is 1. The van der Waals surface area contributed by atoms with Crippen molar-refractivity contribution in [2.75, 3.05) is 7.11 Å². The van der Waals surface area contributed by atoms with Crippen LogP contribution < -0.4 is 10.2 Å². The van der Waals surface area contributed by atoms with Crippen molar-refractivity contribution < 1.29 is 18.3 Å². The Bertz CT molecular complexity index is 689. The second-order valence-electron chi connectivity index (χ2n) is 4.01. The molecule has 0 N–H and O–H groups in total. The molecule has 0 heterocycles. The van der Waals surface area contributed by atoms with Crippen LogP contribution in [0.3, 0.4) is 0 Å². The van der Waals surface area contributed by atoms with Gasteiger partial charge in [-0.1, -0.05) is 29.2 Å². The highest BCUT2D eigenvalue weighted by atomic mass is 35.5. The van der Waals surface area contributed by atoms with E-state index in [0.717, 1.165) is 6.07 Å². The van der Waals surface area contributed by atoms with Crippen molar-refractivity contribution in [3.8, 4) is 5.75 Å². The summed E-state index contributed by atoms with van der Waals surface area (Å²) in [5, 5.41) is 0.111. The molecular formula is C14H8BClF2O2. The van der Waals surface area contributed by atoms with Gasteiger partial charge in [-0.15, -0.1) is 0 Å². The Hall–Kier alpha value is -1.88. The second kappa shape index (κ2) is 5.63. The summed E-state index contributed by atoms with van der Waals surface area (Å²) in [7, 11) is 6.76. The van der Waals surface area contributed by atoms with Crippen LogP contribution in [0.1, 0.15) is 15.9 Å². The number of carbonyl (C=O) groups is 1. The van der Waals surface area contributed by atoms with E-state index < -0.39 is 23.0 Å². The lowest BCUT2D eigenvalue weighted by molar-refractivity contribution is 0.103. The van der Waals surface area contributed by atoms with Crippen molar-refractivity contribution in [2.45, 2.75) is 0 Å². The molecule has 2 radical (unpaired) electrons.